The Balaban J connectivity index is 1.39. The summed E-state index contributed by atoms with van der Waals surface area (Å²) < 4.78 is 4.89. The smallest absolute Gasteiger partial charge is 0.352 e. The number of carbonyl (C=O) groups is 4. The van der Waals surface area contributed by atoms with Crippen LogP contribution in [-0.2, 0) is 28.8 Å². The zero-order chi connectivity index (χ0) is 25.1. The molecule has 2 aliphatic heterocycles. The number of β-lactam (4-membered cyclic amide) rings is 1. The first-order valence-electron chi connectivity index (χ1n) is 9.99. The third-order valence-corrected chi connectivity index (χ3v) is 6.94. The van der Waals surface area contributed by atoms with Crippen molar-refractivity contribution in [2.45, 2.75) is 24.4 Å². The third kappa shape index (κ3) is 5.12. The highest BCUT2D eigenvalue weighted by atomic mass is 32.2. The summed E-state index contributed by atoms with van der Waals surface area (Å²) in [5.74, 6) is -2.59. The Kier molecular flexibility index (Phi) is 7.02. The lowest BCUT2D eigenvalue weighted by atomic mass is 10.0. The number of aromatic nitrogens is 3. The summed E-state index contributed by atoms with van der Waals surface area (Å²) in [6.45, 7) is 0.970. The topological polar surface area (TPSA) is 202 Å². The van der Waals surface area contributed by atoms with Crippen LogP contribution in [0.3, 0.4) is 0 Å². The number of oxime groups is 1. The molecule has 1 saturated heterocycles. The normalized spacial score (nSPS) is 20.3. The Hall–Kier alpha value is -3.92. The first-order valence-corrected chi connectivity index (χ1v) is 11.9. The van der Waals surface area contributed by atoms with E-state index < -0.39 is 41.3 Å². The fourth-order valence-electron chi connectivity index (χ4n) is 3.40. The fourth-order valence-corrected chi connectivity index (χ4v) is 5.30. The number of thiazole rings is 1. The Morgan fingerprint density at radius 2 is 2.29 bits per heavy atom. The van der Waals surface area contributed by atoms with Crippen LogP contribution in [0.15, 0.2) is 34.2 Å². The zero-order valence-electron chi connectivity index (χ0n) is 18.0. The lowest BCUT2D eigenvalue weighted by Gasteiger charge is -2.49. The van der Waals surface area contributed by atoms with Crippen LogP contribution in [0.4, 0.5) is 5.13 Å². The molecule has 4 heterocycles. The predicted molar refractivity (Wildman–Crippen MR) is 123 cm³/mol. The highest BCUT2D eigenvalue weighted by Crippen LogP contribution is 2.40. The number of nitrogens with two attached hydrogens (primary N) is 1. The highest BCUT2D eigenvalue weighted by Gasteiger charge is 2.54. The minimum absolute atomic E-state index is 0.217. The number of fused-ring (bicyclic) bond motifs is 1. The number of carboxylic acid groups (broad SMARTS) is 1. The molecule has 0 bridgehead atoms. The molecule has 5 N–H and O–H groups in total. The van der Waals surface area contributed by atoms with Gasteiger partial charge in [-0.1, -0.05) is 5.16 Å². The van der Waals surface area contributed by atoms with Gasteiger partial charge in [0, 0.05) is 36.0 Å². The van der Waals surface area contributed by atoms with Crippen molar-refractivity contribution in [1.29, 1.82) is 0 Å². The molecule has 0 saturated carbocycles. The van der Waals surface area contributed by atoms with Gasteiger partial charge in [0.05, 0.1) is 0 Å². The molecular weight excluding hydrogens is 502 g/mol. The number of esters is 1. The molecule has 16 heteroatoms. The Bertz CT molecular complexity index is 1210. The number of carbonyl (C=O) groups excluding carboxylic acids is 3. The molecule has 0 spiro atoms. The van der Waals surface area contributed by atoms with Crippen LogP contribution in [0, 0.1) is 0 Å². The van der Waals surface area contributed by atoms with E-state index in [0.717, 1.165) is 11.1 Å². The van der Waals surface area contributed by atoms with E-state index >= 15 is 0 Å². The van der Waals surface area contributed by atoms with Crippen molar-refractivity contribution in [2.75, 3.05) is 18.1 Å². The van der Waals surface area contributed by atoms with Crippen molar-refractivity contribution in [3.05, 3.63) is 40.6 Å². The van der Waals surface area contributed by atoms with E-state index in [9.17, 15) is 24.3 Å². The minimum atomic E-state index is -1.32. The van der Waals surface area contributed by atoms with Crippen molar-refractivity contribution in [2.24, 2.45) is 5.16 Å². The molecule has 2 amide bonds. The third-order valence-electron chi connectivity index (χ3n) is 4.91. The molecule has 3 atom stereocenters. The number of thioether (sulfide) groups is 1. The molecule has 35 heavy (non-hydrogen) atoms. The van der Waals surface area contributed by atoms with Gasteiger partial charge in [-0.15, -0.1) is 23.1 Å². The second kappa shape index (κ2) is 10.1. The van der Waals surface area contributed by atoms with E-state index in [1.807, 2.05) is 0 Å². The van der Waals surface area contributed by atoms with Gasteiger partial charge in [0.2, 0.25) is 6.10 Å². The number of rotatable bonds is 9. The van der Waals surface area contributed by atoms with Crippen LogP contribution in [0.1, 0.15) is 24.5 Å². The predicted octanol–water partition coefficient (Wildman–Crippen LogP) is -0.158. The molecule has 0 aliphatic carbocycles. The Morgan fingerprint density at radius 1 is 1.49 bits per heavy atom. The van der Waals surface area contributed by atoms with Crippen LogP contribution >= 0.6 is 23.1 Å². The number of aliphatic carboxylic acids is 1. The van der Waals surface area contributed by atoms with Crippen molar-refractivity contribution in [3.8, 4) is 0 Å². The van der Waals surface area contributed by atoms with E-state index in [0.29, 0.717) is 22.2 Å². The van der Waals surface area contributed by atoms with Gasteiger partial charge < -0.3 is 30.7 Å². The monoisotopic (exact) mass is 521 g/mol. The summed E-state index contributed by atoms with van der Waals surface area (Å²) in [4.78, 5) is 65.5. The number of anilines is 1. The van der Waals surface area contributed by atoms with E-state index in [2.05, 4.69) is 25.4 Å². The summed E-state index contributed by atoms with van der Waals surface area (Å²) in [5, 5.41) is 17.1. The molecule has 2 aliphatic rings. The van der Waals surface area contributed by atoms with Gasteiger partial charge in [-0.25, -0.2) is 14.8 Å². The summed E-state index contributed by atoms with van der Waals surface area (Å²) in [6.07, 6.45) is 3.13. The largest absolute Gasteiger partial charge is 0.477 e. The molecule has 184 valence electrons. The maximum atomic E-state index is 12.6. The molecule has 1 unspecified atom stereocenters. The number of aromatic amines is 1. The summed E-state index contributed by atoms with van der Waals surface area (Å²) in [7, 11) is 0. The van der Waals surface area contributed by atoms with Crippen LogP contribution in [0.2, 0.25) is 0 Å². The van der Waals surface area contributed by atoms with Gasteiger partial charge in [-0.2, -0.15) is 0 Å². The quantitative estimate of drug-likeness (QED) is 0.148. The molecular formula is C19H19N7O7S2. The lowest BCUT2D eigenvalue weighted by Crippen LogP contribution is -2.70. The van der Waals surface area contributed by atoms with E-state index in [1.165, 1.54) is 36.2 Å². The second-order valence-electron chi connectivity index (χ2n) is 7.24. The minimum Gasteiger partial charge on any atom is -0.477 e. The summed E-state index contributed by atoms with van der Waals surface area (Å²) in [6, 6.07) is -0.956. The Morgan fingerprint density at radius 3 is 2.91 bits per heavy atom. The number of H-pyrrole nitrogens is 1. The van der Waals surface area contributed by atoms with Gasteiger partial charge in [-0.05, 0) is 0 Å². The lowest BCUT2D eigenvalue weighted by molar-refractivity contribution is -0.150. The first kappa shape index (κ1) is 24.2. The van der Waals surface area contributed by atoms with Crippen molar-refractivity contribution >= 4 is 58.2 Å². The van der Waals surface area contributed by atoms with E-state index in [4.69, 9.17) is 15.3 Å². The van der Waals surface area contributed by atoms with Gasteiger partial charge in [0.15, 0.2) is 11.0 Å². The maximum Gasteiger partial charge on any atom is 0.352 e. The van der Waals surface area contributed by atoms with Gasteiger partial charge in [0.25, 0.3) is 11.8 Å². The highest BCUT2D eigenvalue weighted by molar-refractivity contribution is 8.00. The van der Waals surface area contributed by atoms with Crippen molar-refractivity contribution < 1.29 is 33.9 Å². The number of amides is 2. The Labute approximate surface area is 205 Å². The standard InChI is InChI=1S/C19H19N7O7S2/c1-8(27)32-5-9-6-34-17-12(16(29)26(17)13(9)18(30)31)25-11(28)4-23-33-14(15-21-2-3-22-15)10-7-35-19(20)24-10/h2-4,7,12,14,17H,5-6H2,1H3,(H2,20,24)(H,21,22)(H,25,28)(H,30,31)/t12-,14?,17-/m0/s1. The SMILES string of the molecule is CC(=O)OCC1=C(C(=O)O)N2C(=O)[C@H](NC(=O)C=NOC(c3csc(N)n3)c3ncc[nH]3)[C@@H]2SC1. The number of carboxylic acids is 1. The number of imidazole rings is 1. The molecule has 0 aromatic carbocycles. The summed E-state index contributed by atoms with van der Waals surface area (Å²) in [5.41, 5.74) is 6.18. The van der Waals surface area contributed by atoms with Crippen LogP contribution in [0.5, 0.6) is 0 Å². The summed E-state index contributed by atoms with van der Waals surface area (Å²) >= 11 is 2.45. The van der Waals surface area contributed by atoms with Crippen molar-refractivity contribution in [1.82, 2.24) is 25.2 Å². The van der Waals surface area contributed by atoms with Crippen molar-refractivity contribution in [3.63, 3.8) is 0 Å². The molecule has 1 fully saturated rings. The van der Waals surface area contributed by atoms with Gasteiger partial charge >= 0.3 is 11.9 Å². The van der Waals surface area contributed by atoms with Crippen LogP contribution in [0.25, 0.3) is 0 Å². The molecule has 4 rings (SSSR count). The van der Waals surface area contributed by atoms with E-state index in [1.54, 1.807) is 11.6 Å². The van der Waals surface area contributed by atoms with Gasteiger partial charge in [0.1, 0.15) is 35.6 Å². The van der Waals surface area contributed by atoms with E-state index in [-0.39, 0.29) is 18.1 Å². The average molecular weight is 522 g/mol. The van der Waals surface area contributed by atoms with Gasteiger partial charge in [-0.3, -0.25) is 19.3 Å². The molecule has 0 radical (unpaired) electrons. The number of nitrogen functional groups attached to an aromatic ring is 1. The number of nitrogens with zero attached hydrogens (tertiary/aromatic N) is 4. The number of hydrogen-bond acceptors (Lipinski definition) is 12. The fraction of sp³-hybridized carbons (Fsp3) is 0.316. The zero-order valence-corrected chi connectivity index (χ0v) is 19.7. The second-order valence-corrected chi connectivity index (χ2v) is 9.23. The number of hydrogen-bond donors (Lipinski definition) is 4. The van der Waals surface area contributed by atoms with Crippen LogP contribution in [-0.4, -0.2) is 78.7 Å². The molecule has 2 aromatic heterocycles. The average Bonchev–Trinajstić information content (AvgIpc) is 3.50. The molecule has 2 aromatic rings. The maximum absolute atomic E-state index is 12.6. The van der Waals surface area contributed by atoms with Crippen LogP contribution < -0.4 is 11.1 Å². The molecule has 14 nitrogen and oxygen atoms in total. The first-order chi connectivity index (χ1) is 16.8. The number of nitrogens with one attached hydrogen (secondary N) is 2. The number of ether oxygens (including phenoxy) is 1.